The molecule has 0 aliphatic heterocycles. The zero-order chi connectivity index (χ0) is 29.2. The van der Waals surface area contributed by atoms with Crippen LogP contribution in [0.25, 0.3) is 43.8 Å². The summed E-state index contributed by atoms with van der Waals surface area (Å²) in [4.78, 5) is 0. The van der Waals surface area contributed by atoms with Gasteiger partial charge in [-0.15, -0.1) is 9.24 Å². The molecule has 42 heavy (non-hydrogen) atoms. The number of rotatable bonds is 8. The molecule has 0 radical (unpaired) electrons. The van der Waals surface area contributed by atoms with Crippen molar-refractivity contribution in [3.63, 3.8) is 0 Å². The molecule has 0 N–H and O–H groups in total. The minimum atomic E-state index is -0.106. The van der Waals surface area contributed by atoms with E-state index in [9.17, 15) is 0 Å². The van der Waals surface area contributed by atoms with Crippen LogP contribution in [0.3, 0.4) is 0 Å². The third-order valence-corrected chi connectivity index (χ3v) is 13.4. The van der Waals surface area contributed by atoms with E-state index in [2.05, 4.69) is 128 Å². The summed E-state index contributed by atoms with van der Waals surface area (Å²) in [6.07, 6.45) is 8.79. The molecule has 0 heterocycles. The van der Waals surface area contributed by atoms with Crippen molar-refractivity contribution in [1.29, 1.82) is 0 Å². The third kappa shape index (κ3) is 5.59. The lowest BCUT2D eigenvalue weighted by molar-refractivity contribution is 0.443. The van der Waals surface area contributed by atoms with Crippen LogP contribution in [0.4, 0.5) is 0 Å². The van der Waals surface area contributed by atoms with Crippen molar-refractivity contribution in [1.82, 2.24) is 0 Å². The Morgan fingerprint density at radius 3 is 1.90 bits per heavy atom. The smallest absolute Gasteiger partial charge is 0.00609 e. The highest BCUT2D eigenvalue weighted by Gasteiger charge is 2.29. The lowest BCUT2D eigenvalue weighted by atomic mass is 9.74. The standard InChI is InChI=1S/C40H46P2/c1-27(2)42(28(3)4)26-31-18-9-11-21-33(31)39-35-22-12-13-23-36(35)40(34-24-14-19-29-15-8-10-20-32(29)34)38(37(39)25-41)30-16-6-5-7-17-30/h8-15,18-24,27-28,30H,5-7,16-17,25-26,41H2,1-4H3. The SMILES string of the molecule is CC(C)P(Cc1ccccc1-c1c(CP)c(C2CCCCC2)c(-c2cccc3ccccc23)c2ccccc12)C(C)C. The van der Waals surface area contributed by atoms with Gasteiger partial charge in [0, 0.05) is 0 Å². The summed E-state index contributed by atoms with van der Waals surface area (Å²) in [7, 11) is 3.05. The first-order valence-electron chi connectivity index (χ1n) is 16.1. The van der Waals surface area contributed by atoms with Crippen LogP contribution in [0, 0.1) is 0 Å². The molecule has 1 unspecified atom stereocenters. The van der Waals surface area contributed by atoms with Gasteiger partial charge in [-0.05, 0) is 103 Å². The van der Waals surface area contributed by atoms with E-state index in [1.54, 1.807) is 11.1 Å². The van der Waals surface area contributed by atoms with Crippen LogP contribution in [-0.4, -0.2) is 11.3 Å². The molecule has 2 heteroatoms. The molecule has 0 aromatic heterocycles. The summed E-state index contributed by atoms with van der Waals surface area (Å²) in [6.45, 7) is 9.71. The van der Waals surface area contributed by atoms with Gasteiger partial charge in [0.1, 0.15) is 0 Å². The largest absolute Gasteiger partial charge is 0.133 e. The van der Waals surface area contributed by atoms with Gasteiger partial charge in [-0.2, -0.15) is 0 Å². The molecule has 216 valence electrons. The summed E-state index contributed by atoms with van der Waals surface area (Å²) in [5.74, 6) is 0.599. The topological polar surface area (TPSA) is 0 Å². The fourth-order valence-corrected chi connectivity index (χ4v) is 10.7. The van der Waals surface area contributed by atoms with E-state index in [1.807, 2.05) is 0 Å². The number of fused-ring (bicyclic) bond motifs is 2. The Hall–Kier alpha value is -2.52. The summed E-state index contributed by atoms with van der Waals surface area (Å²) in [5.41, 5.74) is 12.0. The van der Waals surface area contributed by atoms with Gasteiger partial charge in [0.25, 0.3) is 0 Å². The molecule has 0 saturated heterocycles. The van der Waals surface area contributed by atoms with Crippen LogP contribution >= 0.6 is 17.2 Å². The second-order valence-electron chi connectivity index (χ2n) is 12.8. The molecule has 0 amide bonds. The number of hydrogen-bond acceptors (Lipinski definition) is 0. The van der Waals surface area contributed by atoms with Gasteiger partial charge in [-0.25, -0.2) is 0 Å². The first-order chi connectivity index (χ1) is 20.5. The lowest BCUT2D eigenvalue weighted by Gasteiger charge is -2.32. The second kappa shape index (κ2) is 13.0. The first kappa shape index (κ1) is 29.5. The van der Waals surface area contributed by atoms with Crippen molar-refractivity contribution in [2.24, 2.45) is 0 Å². The van der Waals surface area contributed by atoms with E-state index >= 15 is 0 Å². The highest BCUT2D eigenvalue weighted by Crippen LogP contribution is 2.53. The van der Waals surface area contributed by atoms with Crippen molar-refractivity contribution in [3.05, 3.63) is 108 Å². The molecule has 5 aromatic rings. The summed E-state index contributed by atoms with van der Waals surface area (Å²) < 4.78 is 0. The van der Waals surface area contributed by atoms with Gasteiger partial charge in [0.15, 0.2) is 0 Å². The molecule has 1 aliphatic rings. The fourth-order valence-electron chi connectivity index (χ4n) is 7.67. The average molecular weight is 589 g/mol. The second-order valence-corrected chi connectivity index (χ2v) is 16.6. The van der Waals surface area contributed by atoms with Crippen molar-refractivity contribution >= 4 is 38.7 Å². The maximum absolute atomic E-state index is 3.16. The Kier molecular flexibility index (Phi) is 9.15. The van der Waals surface area contributed by atoms with Gasteiger partial charge in [-0.1, -0.05) is 146 Å². The van der Waals surface area contributed by atoms with Crippen molar-refractivity contribution < 1.29 is 0 Å². The quantitative estimate of drug-likeness (QED) is 0.158. The van der Waals surface area contributed by atoms with Crippen LogP contribution in [0.2, 0.25) is 0 Å². The van der Waals surface area contributed by atoms with Gasteiger partial charge in [0.05, 0.1) is 0 Å². The molecule has 1 aliphatic carbocycles. The summed E-state index contributed by atoms with van der Waals surface area (Å²) >= 11 is 0. The monoisotopic (exact) mass is 588 g/mol. The van der Waals surface area contributed by atoms with Crippen LogP contribution in [-0.2, 0) is 12.3 Å². The normalized spacial score (nSPS) is 14.6. The predicted octanol–water partition coefficient (Wildman–Crippen LogP) is 12.5. The number of benzene rings is 5. The maximum Gasteiger partial charge on any atom is -0.00609 e. The van der Waals surface area contributed by atoms with E-state index < -0.39 is 0 Å². The fraction of sp³-hybridized carbons (Fsp3) is 0.350. The van der Waals surface area contributed by atoms with Crippen LogP contribution in [0.15, 0.2) is 91.0 Å². The highest BCUT2D eigenvalue weighted by atomic mass is 31.1. The van der Waals surface area contributed by atoms with E-state index in [4.69, 9.17) is 0 Å². The van der Waals surface area contributed by atoms with E-state index in [-0.39, 0.29) is 7.92 Å². The molecule has 5 aromatic carbocycles. The minimum absolute atomic E-state index is 0.106. The zero-order valence-corrected chi connectivity index (χ0v) is 27.9. The van der Waals surface area contributed by atoms with Crippen molar-refractivity contribution in [2.75, 3.05) is 0 Å². The summed E-state index contributed by atoms with van der Waals surface area (Å²) in [6, 6.07) is 34.6. The van der Waals surface area contributed by atoms with Crippen molar-refractivity contribution in [2.45, 2.75) is 89.4 Å². The Labute approximate surface area is 257 Å². The molecular weight excluding hydrogens is 542 g/mol. The Balaban J connectivity index is 1.71. The molecular formula is C40H46P2. The van der Waals surface area contributed by atoms with Crippen molar-refractivity contribution in [3.8, 4) is 22.3 Å². The lowest BCUT2D eigenvalue weighted by Crippen LogP contribution is -2.11. The third-order valence-electron chi connectivity index (χ3n) is 9.60. The van der Waals surface area contributed by atoms with Gasteiger partial charge < -0.3 is 0 Å². The molecule has 1 fully saturated rings. The Morgan fingerprint density at radius 1 is 0.643 bits per heavy atom. The van der Waals surface area contributed by atoms with Crippen LogP contribution < -0.4 is 0 Å². The van der Waals surface area contributed by atoms with Crippen LogP contribution in [0.5, 0.6) is 0 Å². The molecule has 6 rings (SSSR count). The predicted molar refractivity (Wildman–Crippen MR) is 192 cm³/mol. The van der Waals surface area contributed by atoms with Gasteiger partial charge in [-0.3, -0.25) is 0 Å². The molecule has 0 nitrogen and oxygen atoms in total. The maximum atomic E-state index is 3.16. The van der Waals surface area contributed by atoms with E-state index in [0.717, 1.165) is 17.5 Å². The Morgan fingerprint density at radius 2 is 1.21 bits per heavy atom. The first-order valence-corrected chi connectivity index (χ1v) is 18.6. The van der Waals surface area contributed by atoms with Gasteiger partial charge in [0.2, 0.25) is 0 Å². The Bertz CT molecular complexity index is 1680. The average Bonchev–Trinajstić information content (AvgIpc) is 3.02. The van der Waals surface area contributed by atoms with E-state index in [0.29, 0.717) is 5.92 Å². The molecule has 0 spiro atoms. The number of hydrogen-bond donors (Lipinski definition) is 0. The molecule has 0 bridgehead atoms. The van der Waals surface area contributed by atoms with Gasteiger partial charge >= 0.3 is 0 Å². The van der Waals surface area contributed by atoms with Crippen LogP contribution in [0.1, 0.15) is 82.4 Å². The van der Waals surface area contributed by atoms with E-state index in [1.165, 1.54) is 87.6 Å². The zero-order valence-electron chi connectivity index (χ0n) is 25.9. The molecule has 1 atom stereocenters. The minimum Gasteiger partial charge on any atom is -0.133 e. The highest BCUT2D eigenvalue weighted by molar-refractivity contribution is 7.58. The molecule has 1 saturated carbocycles. The summed E-state index contributed by atoms with van der Waals surface area (Å²) in [5, 5.41) is 5.51.